The summed E-state index contributed by atoms with van der Waals surface area (Å²) in [6.07, 6.45) is -5.62. The summed E-state index contributed by atoms with van der Waals surface area (Å²) >= 11 is 0. The Morgan fingerprint density at radius 2 is 0.990 bits per heavy atom. The number of Topliss-reactive ketones (excluding diaryl/α,β-unsaturated/α-hetero) is 2. The molecule has 0 spiro atoms. The molecule has 12 atom stereocenters. The summed E-state index contributed by atoms with van der Waals surface area (Å²) in [6.45, 7) is 8.44. The molecule has 0 saturated carbocycles. The fourth-order valence-corrected chi connectivity index (χ4v) is 14.0. The molecule has 6 unspecified atom stereocenters. The van der Waals surface area contributed by atoms with Crippen LogP contribution in [0.3, 0.4) is 0 Å². The highest BCUT2D eigenvalue weighted by Crippen LogP contribution is 2.49. The van der Waals surface area contributed by atoms with Gasteiger partial charge in [0.1, 0.15) is 83.5 Å². The second kappa shape index (κ2) is 30.5. The number of anilines is 2. The van der Waals surface area contributed by atoms with Crippen molar-refractivity contribution < 1.29 is 94.6 Å². The van der Waals surface area contributed by atoms with Crippen LogP contribution in [-0.4, -0.2) is 177 Å². The Bertz CT molecular complexity index is 4010. The fourth-order valence-electron chi connectivity index (χ4n) is 10.6. The van der Waals surface area contributed by atoms with Crippen molar-refractivity contribution in [2.24, 2.45) is 33.5 Å². The lowest BCUT2D eigenvalue weighted by molar-refractivity contribution is -0.168. The van der Waals surface area contributed by atoms with E-state index in [0.29, 0.717) is 44.8 Å². The standard InChI is InChI=1S/C35H44N7O12P.C25H32N7O8P/c1-19(2)28(35(47)49-6)40-55(48,54-22-10-8-7-9-11-22)50-17-24-29(52-25(45)14-12-20(3)43)30(53-26(46)15-13-21(4)44)34(51-24)42-16-23-27-32(37-18-38-33(27)42)41(5)39-31(23)36;1-13(2)18(25(35)37-4)30-41(36,40-14-8-6-5-7-9-14)38-11-16-19(33)20(34)24(39-16)32-10-15-17-22(27-12-28-23(17)32)31(3)29-21(15)26/h7-11,16,18-19,24,28-30,34H,12-15,17H2,1-6H3,(H2,36,39)(H,40,48);5-10,12-13,16,18-20,24,33-34H,11H2,1-4H3,(H2,26,29)(H,30,36)/t24-,28?,29?,30+,34-,55?;16-,18?,19?,20+,24-,41?/m11/s1. The number of carbonyl (C=O) groups excluding carboxylic acids is 6. The Morgan fingerprint density at radius 3 is 1.41 bits per heavy atom. The van der Waals surface area contributed by atoms with Gasteiger partial charge >= 0.3 is 39.4 Å². The number of aliphatic hydroxyl groups is 2. The van der Waals surface area contributed by atoms with Gasteiger partial charge in [-0.1, -0.05) is 64.1 Å². The van der Waals surface area contributed by atoms with Gasteiger partial charge in [-0.25, -0.2) is 39.1 Å². The summed E-state index contributed by atoms with van der Waals surface area (Å²) in [5.74, 6) is -2.68. The van der Waals surface area contributed by atoms with Crippen molar-refractivity contribution in [1.29, 1.82) is 0 Å². The lowest BCUT2D eigenvalue weighted by Gasteiger charge is -2.28. The number of ketones is 2. The first-order valence-corrected chi connectivity index (χ1v) is 33.3. The van der Waals surface area contributed by atoms with E-state index in [2.05, 4.69) is 40.3 Å². The number of aliphatic hydroxyl groups excluding tert-OH is 2. The Balaban J connectivity index is 0.000000235. The first kappa shape index (κ1) is 71.5. The molecular weight excluding hydrogens is 1300 g/mol. The van der Waals surface area contributed by atoms with Crippen molar-refractivity contribution in [3.8, 4) is 11.5 Å². The molecule has 0 radical (unpaired) electrons. The van der Waals surface area contributed by atoms with E-state index in [1.807, 2.05) is 0 Å². The van der Waals surface area contributed by atoms with Crippen molar-refractivity contribution in [3.63, 3.8) is 0 Å². The van der Waals surface area contributed by atoms with Gasteiger partial charge in [0, 0.05) is 50.5 Å². The van der Waals surface area contributed by atoms with Crippen molar-refractivity contribution in [3.05, 3.63) is 96.8 Å². The molecule has 0 amide bonds. The summed E-state index contributed by atoms with van der Waals surface area (Å²) in [7, 11) is -3.00. The zero-order chi connectivity index (χ0) is 69.5. The maximum atomic E-state index is 14.5. The molecule has 2 fully saturated rings. The van der Waals surface area contributed by atoms with E-state index in [1.165, 1.54) is 72.0 Å². The summed E-state index contributed by atoms with van der Waals surface area (Å²) in [6, 6.07) is 14.2. The smallest absolute Gasteiger partial charge is 0.459 e. The number of hydrazone groups is 2. The lowest BCUT2D eigenvalue weighted by Crippen LogP contribution is -2.43. The number of aromatic nitrogens is 6. The third-order valence-electron chi connectivity index (χ3n) is 15.5. The first-order valence-electron chi connectivity index (χ1n) is 30.3. The largest absolute Gasteiger partial charge is 0.468 e. The summed E-state index contributed by atoms with van der Waals surface area (Å²) in [5, 5.41) is 39.9. The Hall–Kier alpha value is -8.82. The van der Waals surface area contributed by atoms with Gasteiger partial charge in [0.25, 0.3) is 0 Å². The van der Waals surface area contributed by atoms with E-state index >= 15 is 0 Å². The molecule has 2 saturated heterocycles. The molecule has 0 aliphatic carbocycles. The molecule has 96 heavy (non-hydrogen) atoms. The van der Waals surface area contributed by atoms with Crippen molar-refractivity contribution in [1.82, 2.24) is 39.2 Å². The number of hydrogen-bond acceptors (Lipinski definition) is 30. The van der Waals surface area contributed by atoms with Gasteiger partial charge in [-0.05, 0) is 49.9 Å². The van der Waals surface area contributed by atoms with Gasteiger partial charge in [-0.3, -0.25) is 28.2 Å². The molecule has 516 valence electrons. The van der Waals surface area contributed by atoms with E-state index in [1.54, 1.807) is 103 Å². The first-order chi connectivity index (χ1) is 45.6. The van der Waals surface area contributed by atoms with Crippen LogP contribution in [0, 0.1) is 11.8 Å². The maximum absolute atomic E-state index is 14.5. The van der Waals surface area contributed by atoms with Gasteiger partial charge in [0.05, 0.1) is 51.0 Å². The van der Waals surface area contributed by atoms with Crippen LogP contribution in [0.4, 0.5) is 11.6 Å². The maximum Gasteiger partial charge on any atom is 0.459 e. The van der Waals surface area contributed by atoms with Gasteiger partial charge in [0.15, 0.2) is 48.0 Å². The average Bonchev–Trinajstić information content (AvgIpc) is 1.58. The Labute approximate surface area is 550 Å². The predicted molar refractivity (Wildman–Crippen MR) is 342 cm³/mol. The normalized spacial score (nSPS) is 22.2. The van der Waals surface area contributed by atoms with Crippen molar-refractivity contribution >= 4 is 96.3 Å². The number of benzene rings is 2. The highest BCUT2D eigenvalue weighted by Gasteiger charge is 2.53. The van der Waals surface area contributed by atoms with Gasteiger partial charge < -0.3 is 77.9 Å². The number of ether oxygens (including phenoxy) is 6. The third kappa shape index (κ3) is 16.2. The Kier molecular flexibility index (Phi) is 22.7. The SMILES string of the molecule is COC(=O)C(NP(=O)(OC[C@H]1O[C@@H](n2cc3c4c(ncnc42)N(C)N=C3N)[C@@H](O)C1O)Oc1ccccc1)C(C)C.COC(=O)C(NP(=O)(OC[C@H]1O[C@@H](n2cc3c4c(ncnc42)N(C)N=C3N)[C@@H](OC(=O)CCC(C)=O)C1OC(=O)CCC(C)=O)Oc1ccccc1)C(C)C. The summed E-state index contributed by atoms with van der Waals surface area (Å²) in [4.78, 5) is 92.6. The molecule has 34 nitrogen and oxygen atoms in total. The van der Waals surface area contributed by atoms with Crippen LogP contribution in [0.25, 0.3) is 22.1 Å². The molecule has 4 aliphatic rings. The van der Waals surface area contributed by atoms with E-state index in [-0.39, 0.29) is 66.3 Å². The van der Waals surface area contributed by atoms with Crippen LogP contribution in [0.5, 0.6) is 11.5 Å². The number of hydrogen-bond donors (Lipinski definition) is 6. The van der Waals surface area contributed by atoms with Crippen LogP contribution in [0.15, 0.2) is 95.9 Å². The number of rotatable bonds is 28. The molecule has 8 heterocycles. The molecule has 0 bridgehead atoms. The minimum Gasteiger partial charge on any atom is -0.468 e. The number of nitrogens with one attached hydrogen (secondary N) is 2. The average molecular weight is 1380 g/mol. The highest BCUT2D eigenvalue weighted by molar-refractivity contribution is 7.52. The van der Waals surface area contributed by atoms with E-state index in [9.17, 15) is 48.1 Å². The van der Waals surface area contributed by atoms with E-state index < -0.39 is 120 Å². The topological polar surface area (TPSA) is 438 Å². The quantitative estimate of drug-likeness (QED) is 0.0229. The fraction of sp³-hybridized carbons (Fsp3) is 0.467. The predicted octanol–water partition coefficient (Wildman–Crippen LogP) is 4.06. The summed E-state index contributed by atoms with van der Waals surface area (Å²) in [5.41, 5.74) is 14.1. The molecule has 2 aromatic carbocycles. The molecule has 36 heteroatoms. The van der Waals surface area contributed by atoms with Crippen LogP contribution >= 0.6 is 15.5 Å². The highest BCUT2D eigenvalue weighted by atomic mass is 31.2. The minimum absolute atomic E-state index is 0.123. The number of esters is 4. The summed E-state index contributed by atoms with van der Waals surface area (Å²) < 4.78 is 88.8. The number of methoxy groups -OCH3 is 2. The van der Waals surface area contributed by atoms with Crippen LogP contribution in [0.2, 0.25) is 0 Å². The van der Waals surface area contributed by atoms with Gasteiger partial charge in [-0.15, -0.1) is 0 Å². The van der Waals surface area contributed by atoms with Crippen molar-refractivity contribution in [2.75, 3.05) is 51.5 Å². The number of amidine groups is 2. The van der Waals surface area contributed by atoms with E-state index in [0.717, 1.165) is 0 Å². The third-order valence-corrected chi connectivity index (χ3v) is 18.6. The molecule has 6 aromatic rings. The van der Waals surface area contributed by atoms with Crippen LogP contribution in [0.1, 0.15) is 90.8 Å². The number of nitrogens with zero attached hydrogens (tertiary/aromatic N) is 10. The van der Waals surface area contributed by atoms with E-state index in [4.69, 9.17) is 58.0 Å². The molecular formula is C60H76N14O20P2. The van der Waals surface area contributed by atoms with Gasteiger partial charge in [-0.2, -0.15) is 20.4 Å². The molecule has 4 aromatic heterocycles. The van der Waals surface area contributed by atoms with Crippen molar-refractivity contribution in [2.45, 2.75) is 128 Å². The minimum atomic E-state index is -4.50. The second-order valence-corrected chi connectivity index (χ2v) is 26.7. The zero-order valence-corrected chi connectivity index (χ0v) is 55.8. The van der Waals surface area contributed by atoms with Crippen LogP contribution in [-0.2, 0) is 75.4 Å². The van der Waals surface area contributed by atoms with Crippen LogP contribution < -0.4 is 40.7 Å². The molecule has 4 aliphatic heterocycles. The Morgan fingerprint density at radius 1 is 0.583 bits per heavy atom. The number of nitrogens with two attached hydrogens (primary N) is 2. The molecule has 10 rings (SSSR count). The number of para-hydroxylation sites is 2. The molecule has 8 N–H and O–H groups in total. The monoisotopic (exact) mass is 1370 g/mol. The zero-order valence-electron chi connectivity index (χ0n) is 54.0. The van der Waals surface area contributed by atoms with Gasteiger partial charge in [0.2, 0.25) is 0 Å². The number of carbonyl (C=O) groups is 6. The lowest BCUT2D eigenvalue weighted by atomic mass is 10.1. The second-order valence-electron chi connectivity index (χ2n) is 23.3.